The van der Waals surface area contributed by atoms with Crippen molar-refractivity contribution >= 4 is 0 Å². The van der Waals surface area contributed by atoms with E-state index >= 15 is 0 Å². The molecule has 0 nitrogen and oxygen atoms in total. The topological polar surface area (TPSA) is 0 Å². The van der Waals surface area contributed by atoms with Crippen LogP contribution in [0.4, 0.5) is 26.3 Å². The van der Waals surface area contributed by atoms with Crippen molar-refractivity contribution < 1.29 is 26.3 Å². The molecule has 0 aromatic heterocycles. The fourth-order valence-corrected chi connectivity index (χ4v) is 3.61. The maximum absolute atomic E-state index is 12.7. The van der Waals surface area contributed by atoms with Crippen molar-refractivity contribution in [2.45, 2.75) is 37.5 Å². The van der Waals surface area contributed by atoms with Crippen molar-refractivity contribution in [2.75, 3.05) is 0 Å². The second-order valence-corrected chi connectivity index (χ2v) is 6.58. The summed E-state index contributed by atoms with van der Waals surface area (Å²) in [5.41, 5.74) is 0.177. The normalized spacial score (nSPS) is 24.0. The molecule has 0 saturated heterocycles. The minimum atomic E-state index is -4.38. The molecule has 1 fully saturated rings. The van der Waals surface area contributed by atoms with Gasteiger partial charge in [0.1, 0.15) is 0 Å². The Bertz CT molecular complexity index is 724. The van der Waals surface area contributed by atoms with Crippen LogP contribution < -0.4 is 0 Å². The van der Waals surface area contributed by atoms with Crippen LogP contribution in [0.15, 0.2) is 48.5 Å². The molecular formula is C19H16F6. The monoisotopic (exact) mass is 358 g/mol. The van der Waals surface area contributed by atoms with Crippen LogP contribution in [0.2, 0.25) is 0 Å². The van der Waals surface area contributed by atoms with Gasteiger partial charge in [0.2, 0.25) is 0 Å². The van der Waals surface area contributed by atoms with Crippen molar-refractivity contribution in [1.82, 2.24) is 0 Å². The summed E-state index contributed by atoms with van der Waals surface area (Å²) < 4.78 is 76.0. The van der Waals surface area contributed by atoms with E-state index in [1.165, 1.54) is 24.3 Å². The lowest BCUT2D eigenvalue weighted by Gasteiger charge is -2.44. The fraction of sp³-hybridized carbons (Fsp3) is 0.368. The summed E-state index contributed by atoms with van der Waals surface area (Å²) in [4.78, 5) is 0. The molecule has 3 rings (SSSR count). The van der Waals surface area contributed by atoms with Crippen LogP contribution in [-0.4, -0.2) is 0 Å². The summed E-state index contributed by atoms with van der Waals surface area (Å²) in [6.07, 6.45) is -7.95. The summed E-state index contributed by atoms with van der Waals surface area (Å²) in [5.74, 6) is 0.303. The molecule has 0 heterocycles. The second kappa shape index (κ2) is 6.07. The van der Waals surface area contributed by atoms with Gasteiger partial charge in [0.25, 0.3) is 0 Å². The molecular weight excluding hydrogens is 342 g/mol. The molecule has 1 saturated carbocycles. The van der Waals surface area contributed by atoms with Gasteiger partial charge in [0.15, 0.2) is 0 Å². The third-order valence-corrected chi connectivity index (χ3v) is 4.96. The first kappa shape index (κ1) is 17.8. The van der Waals surface area contributed by atoms with Gasteiger partial charge in [-0.1, -0.05) is 31.2 Å². The Labute approximate surface area is 141 Å². The molecule has 1 unspecified atom stereocenters. The van der Waals surface area contributed by atoms with E-state index in [1.54, 1.807) is 0 Å². The Hall–Kier alpha value is -1.98. The zero-order valence-corrected chi connectivity index (χ0v) is 13.3. The molecule has 0 aliphatic heterocycles. The molecule has 6 heteroatoms. The molecule has 1 aliphatic rings. The number of hydrogen-bond acceptors (Lipinski definition) is 0. The number of halogens is 6. The van der Waals surface area contributed by atoms with Crippen LogP contribution >= 0.6 is 0 Å². The maximum atomic E-state index is 12.7. The number of rotatable bonds is 2. The fourth-order valence-electron chi connectivity index (χ4n) is 3.61. The lowest BCUT2D eigenvalue weighted by atomic mass is 9.60. The minimum Gasteiger partial charge on any atom is -0.166 e. The molecule has 134 valence electrons. The Morgan fingerprint density at radius 1 is 0.680 bits per heavy atom. The van der Waals surface area contributed by atoms with E-state index < -0.39 is 23.5 Å². The average Bonchev–Trinajstić information content (AvgIpc) is 2.51. The van der Waals surface area contributed by atoms with E-state index in [1.807, 2.05) is 6.92 Å². The summed E-state index contributed by atoms with van der Waals surface area (Å²) in [6.45, 7) is 2.00. The summed E-state index contributed by atoms with van der Waals surface area (Å²) in [5, 5.41) is 0. The van der Waals surface area contributed by atoms with Crippen molar-refractivity contribution in [3.8, 4) is 0 Å². The molecule has 3 atom stereocenters. The molecule has 0 amide bonds. The number of hydrogen-bond donors (Lipinski definition) is 0. The quantitative estimate of drug-likeness (QED) is 0.529. The molecule has 0 radical (unpaired) electrons. The smallest absolute Gasteiger partial charge is 0.166 e. The molecule has 2 aromatic carbocycles. The first-order valence-corrected chi connectivity index (χ1v) is 7.91. The van der Waals surface area contributed by atoms with Crippen molar-refractivity contribution in [2.24, 2.45) is 5.92 Å². The van der Waals surface area contributed by atoms with Crippen LogP contribution in [0.25, 0.3) is 0 Å². The van der Waals surface area contributed by atoms with E-state index in [9.17, 15) is 26.3 Å². The Morgan fingerprint density at radius 3 is 1.44 bits per heavy atom. The first-order chi connectivity index (χ1) is 11.6. The lowest BCUT2D eigenvalue weighted by molar-refractivity contribution is -0.138. The molecule has 0 spiro atoms. The van der Waals surface area contributed by atoms with Gasteiger partial charge < -0.3 is 0 Å². The highest BCUT2D eigenvalue weighted by atomic mass is 19.4. The Balaban J connectivity index is 1.82. The Morgan fingerprint density at radius 2 is 1.08 bits per heavy atom. The lowest BCUT2D eigenvalue weighted by Crippen LogP contribution is -2.31. The number of alkyl halides is 6. The maximum Gasteiger partial charge on any atom is 0.416 e. The third-order valence-electron chi connectivity index (χ3n) is 4.96. The summed E-state index contributed by atoms with van der Waals surface area (Å²) in [6, 6.07) is 10.1. The van der Waals surface area contributed by atoms with Crippen LogP contribution in [0.1, 0.15) is 47.4 Å². The SMILES string of the molecule is C[C@@H]1CC(c2ccc(C(F)(F)F)cc2)[C@H]1c1ccc(C(F)(F)F)cc1. The van der Waals surface area contributed by atoms with E-state index in [2.05, 4.69) is 0 Å². The van der Waals surface area contributed by atoms with Gasteiger partial charge in [0.05, 0.1) is 11.1 Å². The first-order valence-electron chi connectivity index (χ1n) is 7.91. The largest absolute Gasteiger partial charge is 0.416 e. The molecule has 0 bridgehead atoms. The van der Waals surface area contributed by atoms with Gasteiger partial charge in [-0.25, -0.2) is 0 Å². The predicted molar refractivity (Wildman–Crippen MR) is 82.2 cm³/mol. The van der Waals surface area contributed by atoms with Crippen molar-refractivity contribution in [1.29, 1.82) is 0 Å². The highest BCUT2D eigenvalue weighted by Gasteiger charge is 2.40. The average molecular weight is 358 g/mol. The molecule has 25 heavy (non-hydrogen) atoms. The highest BCUT2D eigenvalue weighted by Crippen LogP contribution is 2.53. The van der Waals surface area contributed by atoms with Crippen LogP contribution in [0.5, 0.6) is 0 Å². The van der Waals surface area contributed by atoms with Crippen molar-refractivity contribution in [3.05, 3.63) is 70.8 Å². The van der Waals surface area contributed by atoms with Gasteiger partial charge in [-0.15, -0.1) is 0 Å². The molecule has 2 aromatic rings. The highest BCUT2D eigenvalue weighted by molar-refractivity contribution is 5.36. The molecule has 1 aliphatic carbocycles. The Kier molecular flexibility index (Phi) is 4.33. The molecule has 0 N–H and O–H groups in total. The summed E-state index contributed by atoms with van der Waals surface area (Å²) in [7, 11) is 0. The zero-order valence-electron chi connectivity index (χ0n) is 13.3. The second-order valence-electron chi connectivity index (χ2n) is 6.58. The minimum absolute atomic E-state index is 0.0130. The van der Waals surface area contributed by atoms with Crippen LogP contribution in [0, 0.1) is 5.92 Å². The van der Waals surface area contributed by atoms with Crippen LogP contribution in [-0.2, 0) is 12.4 Å². The standard InChI is InChI=1S/C19H16F6/c1-11-10-16(12-2-6-14(7-3-12)18(20,21)22)17(11)13-4-8-15(9-5-13)19(23,24)25/h2-9,11,16-17H,10H2,1H3/t11-,16?,17-/m1/s1. The summed E-state index contributed by atoms with van der Waals surface area (Å²) >= 11 is 0. The van der Waals surface area contributed by atoms with Gasteiger partial charge in [-0.3, -0.25) is 0 Å². The van der Waals surface area contributed by atoms with Gasteiger partial charge in [-0.2, -0.15) is 26.3 Å². The van der Waals surface area contributed by atoms with E-state index in [0.717, 1.165) is 41.8 Å². The van der Waals surface area contributed by atoms with Crippen molar-refractivity contribution in [3.63, 3.8) is 0 Å². The van der Waals surface area contributed by atoms with Gasteiger partial charge in [0, 0.05) is 0 Å². The van der Waals surface area contributed by atoms with Gasteiger partial charge >= 0.3 is 12.4 Å². The van der Waals surface area contributed by atoms with E-state index in [0.29, 0.717) is 0 Å². The van der Waals surface area contributed by atoms with Crippen LogP contribution in [0.3, 0.4) is 0 Å². The van der Waals surface area contributed by atoms with E-state index in [-0.39, 0.29) is 17.8 Å². The number of benzene rings is 2. The third kappa shape index (κ3) is 3.53. The van der Waals surface area contributed by atoms with E-state index in [4.69, 9.17) is 0 Å². The van der Waals surface area contributed by atoms with Gasteiger partial charge in [-0.05, 0) is 59.6 Å². The predicted octanol–water partition coefficient (Wildman–Crippen LogP) is 6.63. The zero-order chi connectivity index (χ0) is 18.4.